The number of aliphatic hydroxyl groups is 2. The van der Waals surface area contributed by atoms with Gasteiger partial charge in [0, 0.05) is 40.6 Å². The van der Waals surface area contributed by atoms with E-state index >= 15 is 0 Å². The number of carboxylic acids is 2. The maximum atomic E-state index is 12.2. The number of carbonyl (C=O) groups is 3. The van der Waals surface area contributed by atoms with Crippen LogP contribution in [0, 0.1) is 17.3 Å². The largest absolute Gasteiger partial charge is 0.508 e. The number of benzene rings is 3. The first kappa shape index (κ1) is 38.1. The normalized spacial score (nSPS) is 22.9. The lowest BCUT2D eigenvalue weighted by Gasteiger charge is -2.43. The molecule has 0 aromatic heterocycles. The first-order valence-corrected chi connectivity index (χ1v) is 18.2. The van der Waals surface area contributed by atoms with Crippen LogP contribution in [-0.2, 0) is 20.8 Å². The molecule has 11 heteroatoms. The van der Waals surface area contributed by atoms with Crippen molar-refractivity contribution in [3.05, 3.63) is 89.5 Å². The van der Waals surface area contributed by atoms with Crippen LogP contribution >= 0.6 is 11.8 Å². The number of aliphatic carboxylic acids is 2. The molecule has 0 radical (unpaired) electrons. The van der Waals surface area contributed by atoms with Gasteiger partial charge in [0.15, 0.2) is 12.2 Å². The van der Waals surface area contributed by atoms with E-state index in [0.717, 1.165) is 45.2 Å². The second kappa shape index (κ2) is 16.0. The molecule has 4 aliphatic rings. The lowest BCUT2D eigenvalue weighted by molar-refractivity contribution is -0.165. The average molecular weight is 717 g/mol. The van der Waals surface area contributed by atoms with Gasteiger partial charge in [-0.25, -0.2) is 9.59 Å². The van der Waals surface area contributed by atoms with E-state index in [1.165, 1.54) is 37.9 Å². The number of hydrogen-bond acceptors (Lipinski definition) is 9. The molecule has 0 amide bonds. The topological polar surface area (TPSA) is 159 Å². The lowest BCUT2D eigenvalue weighted by atomic mass is 9.60. The zero-order valence-corrected chi connectivity index (χ0v) is 30.3. The average Bonchev–Trinajstić information content (AvgIpc) is 3.41. The molecule has 6 unspecified atom stereocenters. The number of aromatic hydroxyl groups is 1. The van der Waals surface area contributed by atoms with Gasteiger partial charge in [0.2, 0.25) is 0 Å². The smallest absolute Gasteiger partial charge is 0.335 e. The van der Waals surface area contributed by atoms with E-state index in [9.17, 15) is 19.5 Å². The first-order valence-electron chi connectivity index (χ1n) is 17.4. The Labute approximate surface area is 303 Å². The molecule has 0 bridgehead atoms. The van der Waals surface area contributed by atoms with E-state index in [4.69, 9.17) is 20.4 Å². The second-order valence-corrected chi connectivity index (χ2v) is 15.5. The van der Waals surface area contributed by atoms with E-state index in [-0.39, 0.29) is 5.41 Å². The van der Waals surface area contributed by atoms with Crippen molar-refractivity contribution in [1.82, 2.24) is 4.90 Å². The summed E-state index contributed by atoms with van der Waals surface area (Å²) in [5.74, 6) is -1.16. The van der Waals surface area contributed by atoms with Gasteiger partial charge in [0.1, 0.15) is 11.5 Å². The van der Waals surface area contributed by atoms with Crippen molar-refractivity contribution in [2.24, 2.45) is 17.3 Å². The van der Waals surface area contributed by atoms with Crippen LogP contribution in [0.15, 0.2) is 88.2 Å². The van der Waals surface area contributed by atoms with Gasteiger partial charge in [-0.2, -0.15) is 0 Å². The van der Waals surface area contributed by atoms with E-state index < -0.39 is 24.1 Å². The zero-order chi connectivity index (χ0) is 37.0. The Balaban J connectivity index is 0.000000158. The van der Waals surface area contributed by atoms with E-state index in [0.29, 0.717) is 29.3 Å². The van der Waals surface area contributed by atoms with Crippen LogP contribution in [0.25, 0.3) is 0 Å². The van der Waals surface area contributed by atoms with E-state index in [1.54, 1.807) is 6.07 Å². The molecule has 5 N–H and O–H groups in total. The summed E-state index contributed by atoms with van der Waals surface area (Å²) >= 11 is 1.88. The summed E-state index contributed by atoms with van der Waals surface area (Å²) in [6.07, 6.45) is 2.58. The van der Waals surface area contributed by atoms with E-state index in [1.807, 2.05) is 17.8 Å². The molecule has 0 spiro atoms. The molecule has 1 aliphatic heterocycles. The quantitative estimate of drug-likeness (QED) is 0.180. The Morgan fingerprint density at radius 3 is 2.10 bits per heavy atom. The minimum absolute atomic E-state index is 0.100. The highest BCUT2D eigenvalue weighted by Gasteiger charge is 2.52. The Hall–Kier alpha value is -4.16. The van der Waals surface area contributed by atoms with Crippen LogP contribution in [0.1, 0.15) is 56.6 Å². The molecule has 272 valence electrons. The standard InChI is InChI=1S/C18H22N2S.C18H20O2.C4H6O6/c1-14(12-19(2)3)13-20-15-8-4-6-10-17(15)21-18-11-7-5-9-16(18)20;1-18-9-8-14-13-5-3-12(19)10-11(13)2-4-15(14)16(18)6-7-17(18)20;5-1(3(7)8)2(6)4(9)10/h4-11,14H,12-13H2,1-3H3;3-5,10,14,16,19H,2,6-9H2,1H3;1-2,5-6H,(H,7,8)(H,9,10). The SMILES string of the molecule is CC(CN(C)C)CN1c2ccccc2Sc2ccccc21.CC12CCC3C(=CCc4cc(O)ccc43)C1CCC2=O.O=C(O)C(O)C(O)C(=O)O. The number of fused-ring (bicyclic) bond motifs is 7. The van der Waals surface area contributed by atoms with Crippen molar-refractivity contribution in [3.63, 3.8) is 0 Å². The molecule has 7 rings (SSSR count). The van der Waals surface area contributed by atoms with Crippen LogP contribution in [0.5, 0.6) is 5.75 Å². The molecule has 2 fully saturated rings. The Morgan fingerprint density at radius 1 is 0.941 bits per heavy atom. The Morgan fingerprint density at radius 2 is 1.53 bits per heavy atom. The first-order chi connectivity index (χ1) is 24.2. The fraction of sp³-hybridized carbons (Fsp3) is 0.425. The van der Waals surface area contributed by atoms with Crippen molar-refractivity contribution < 1.29 is 39.9 Å². The predicted octanol–water partition coefficient (Wildman–Crippen LogP) is 6.10. The third-order valence-corrected chi connectivity index (χ3v) is 11.5. The third-order valence-electron chi connectivity index (χ3n) is 10.4. The highest BCUT2D eigenvalue weighted by molar-refractivity contribution is 7.99. The predicted molar refractivity (Wildman–Crippen MR) is 197 cm³/mol. The fourth-order valence-corrected chi connectivity index (χ4v) is 9.07. The maximum absolute atomic E-state index is 12.2. The summed E-state index contributed by atoms with van der Waals surface area (Å²) < 4.78 is 0. The van der Waals surface area contributed by atoms with Gasteiger partial charge in [-0.15, -0.1) is 0 Å². The van der Waals surface area contributed by atoms with Gasteiger partial charge in [0.05, 0.1) is 11.4 Å². The zero-order valence-electron chi connectivity index (χ0n) is 29.5. The van der Waals surface area contributed by atoms with Gasteiger partial charge >= 0.3 is 11.9 Å². The number of hydrogen-bond donors (Lipinski definition) is 5. The van der Waals surface area contributed by atoms with Crippen LogP contribution in [-0.4, -0.2) is 87.5 Å². The molecule has 3 aromatic rings. The number of ketones is 1. The highest BCUT2D eigenvalue weighted by Crippen LogP contribution is 2.58. The van der Waals surface area contributed by atoms with Crippen molar-refractivity contribution in [2.45, 2.75) is 73.9 Å². The lowest BCUT2D eigenvalue weighted by Crippen LogP contribution is -2.39. The number of rotatable bonds is 7. The number of aliphatic hydroxyl groups excluding tert-OH is 2. The van der Waals surface area contributed by atoms with Gasteiger partial charge < -0.3 is 35.3 Å². The van der Waals surface area contributed by atoms with Crippen molar-refractivity contribution in [2.75, 3.05) is 32.1 Å². The Kier molecular flexibility index (Phi) is 12.0. The molecule has 1 heterocycles. The summed E-state index contributed by atoms with van der Waals surface area (Å²) in [4.78, 5) is 39.2. The number of nitrogens with zero attached hydrogens (tertiary/aromatic N) is 2. The monoisotopic (exact) mass is 716 g/mol. The van der Waals surface area contributed by atoms with Crippen LogP contribution < -0.4 is 4.90 Å². The number of carbonyl (C=O) groups excluding carboxylic acids is 1. The number of anilines is 2. The summed E-state index contributed by atoms with van der Waals surface area (Å²) in [6, 6.07) is 23.2. The highest BCUT2D eigenvalue weighted by atomic mass is 32.2. The molecule has 3 aromatic carbocycles. The van der Waals surface area contributed by atoms with Gasteiger partial charge in [0.25, 0.3) is 0 Å². The van der Waals surface area contributed by atoms with Crippen LogP contribution in [0.3, 0.4) is 0 Å². The number of para-hydroxylation sites is 2. The molecular formula is C40H48N2O8S. The van der Waals surface area contributed by atoms with Gasteiger partial charge in [-0.1, -0.05) is 67.6 Å². The molecule has 2 saturated carbocycles. The molecule has 3 aliphatic carbocycles. The molecule has 6 atom stereocenters. The number of allylic oxidation sites excluding steroid dienone is 2. The number of phenols is 1. The number of phenolic OH excluding ortho intramolecular Hbond substituents is 1. The molecule has 0 saturated heterocycles. The van der Waals surface area contributed by atoms with Crippen molar-refractivity contribution in [3.8, 4) is 5.75 Å². The van der Waals surface area contributed by atoms with Crippen LogP contribution in [0.4, 0.5) is 11.4 Å². The summed E-state index contributed by atoms with van der Waals surface area (Å²) in [5.41, 5.74) is 6.71. The Bertz CT molecular complexity index is 1730. The molecule has 10 nitrogen and oxygen atoms in total. The minimum Gasteiger partial charge on any atom is -0.508 e. The second-order valence-electron chi connectivity index (χ2n) is 14.4. The van der Waals surface area contributed by atoms with Crippen LogP contribution in [0.2, 0.25) is 0 Å². The summed E-state index contributed by atoms with van der Waals surface area (Å²) in [6.45, 7) is 6.66. The summed E-state index contributed by atoms with van der Waals surface area (Å²) in [5, 5.41) is 42.2. The summed E-state index contributed by atoms with van der Waals surface area (Å²) in [7, 11) is 4.29. The molecular weight excluding hydrogens is 669 g/mol. The number of Topliss-reactive ketones (excluding diaryl/α,β-unsaturated/α-hetero) is 1. The molecule has 51 heavy (non-hydrogen) atoms. The third kappa shape index (κ3) is 8.33. The number of carboxylic acid groups (broad SMARTS) is 2. The fourth-order valence-electron chi connectivity index (χ4n) is 7.97. The van der Waals surface area contributed by atoms with Gasteiger partial charge in [-0.05, 0) is 99.1 Å². The van der Waals surface area contributed by atoms with Crippen molar-refractivity contribution >= 4 is 40.9 Å². The van der Waals surface area contributed by atoms with Crippen molar-refractivity contribution in [1.29, 1.82) is 0 Å². The van der Waals surface area contributed by atoms with Gasteiger partial charge in [-0.3, -0.25) is 4.79 Å². The maximum Gasteiger partial charge on any atom is 0.335 e. The minimum atomic E-state index is -2.27. The van der Waals surface area contributed by atoms with E-state index in [2.05, 4.69) is 98.4 Å².